The Balaban J connectivity index is 1.99. The summed E-state index contributed by atoms with van der Waals surface area (Å²) in [5, 5.41) is 4.95. The number of esters is 1. The zero-order chi connectivity index (χ0) is 18.9. The number of urea groups is 1. The molecular formula is C18H19N3O4S. The van der Waals surface area contributed by atoms with Gasteiger partial charge in [0.2, 0.25) is 0 Å². The SMILES string of the molecule is CCNC(=O)NC(=O)COC(=O)c1cccnc1Sc1ccc(C)cc1. The van der Waals surface area contributed by atoms with Crippen LogP contribution in [-0.2, 0) is 9.53 Å². The van der Waals surface area contributed by atoms with Crippen molar-refractivity contribution in [2.75, 3.05) is 13.2 Å². The summed E-state index contributed by atoms with van der Waals surface area (Å²) in [6, 6.07) is 10.4. The second kappa shape index (κ2) is 9.57. The van der Waals surface area contributed by atoms with E-state index in [0.29, 0.717) is 11.6 Å². The molecule has 0 aliphatic carbocycles. The summed E-state index contributed by atoms with van der Waals surface area (Å²) in [6.45, 7) is 3.54. The molecule has 0 aliphatic rings. The fourth-order valence-corrected chi connectivity index (χ4v) is 2.79. The number of benzene rings is 1. The molecule has 136 valence electrons. The Bertz CT molecular complexity index is 793. The number of aromatic nitrogens is 1. The lowest BCUT2D eigenvalue weighted by atomic mass is 10.2. The Morgan fingerprint density at radius 1 is 1.15 bits per heavy atom. The number of pyridine rings is 1. The highest BCUT2D eigenvalue weighted by atomic mass is 32.2. The summed E-state index contributed by atoms with van der Waals surface area (Å²) in [6.07, 6.45) is 1.58. The van der Waals surface area contributed by atoms with Crippen molar-refractivity contribution in [3.8, 4) is 0 Å². The number of rotatable bonds is 6. The number of ether oxygens (including phenoxy) is 1. The summed E-state index contributed by atoms with van der Waals surface area (Å²) >= 11 is 1.33. The van der Waals surface area contributed by atoms with Crippen molar-refractivity contribution in [1.82, 2.24) is 15.6 Å². The van der Waals surface area contributed by atoms with Crippen LogP contribution in [0.1, 0.15) is 22.8 Å². The van der Waals surface area contributed by atoms with Crippen molar-refractivity contribution in [3.05, 3.63) is 53.7 Å². The number of carbonyl (C=O) groups excluding carboxylic acids is 3. The first kappa shape index (κ1) is 19.5. The van der Waals surface area contributed by atoms with Gasteiger partial charge in [0, 0.05) is 17.6 Å². The van der Waals surface area contributed by atoms with Crippen molar-refractivity contribution >= 4 is 29.7 Å². The molecule has 0 bridgehead atoms. The fourth-order valence-electron chi connectivity index (χ4n) is 1.92. The van der Waals surface area contributed by atoms with E-state index < -0.39 is 24.5 Å². The van der Waals surface area contributed by atoms with Gasteiger partial charge in [0.25, 0.3) is 5.91 Å². The minimum Gasteiger partial charge on any atom is -0.452 e. The number of nitrogens with zero attached hydrogens (tertiary/aromatic N) is 1. The molecule has 1 aromatic carbocycles. The first-order valence-corrected chi connectivity index (χ1v) is 8.75. The van der Waals surface area contributed by atoms with Gasteiger partial charge < -0.3 is 10.1 Å². The summed E-state index contributed by atoms with van der Waals surface area (Å²) in [5.41, 5.74) is 1.39. The number of amides is 3. The molecule has 8 heteroatoms. The minimum absolute atomic E-state index is 0.254. The standard InChI is InChI=1S/C18H19N3O4S/c1-3-19-18(24)21-15(22)11-25-17(23)14-5-4-10-20-16(14)26-13-8-6-12(2)7-9-13/h4-10H,3,11H2,1-2H3,(H2,19,21,22,24). The van der Waals surface area contributed by atoms with Crippen molar-refractivity contribution in [1.29, 1.82) is 0 Å². The molecular weight excluding hydrogens is 354 g/mol. The van der Waals surface area contributed by atoms with E-state index in [1.54, 1.807) is 25.3 Å². The summed E-state index contributed by atoms with van der Waals surface area (Å²) in [7, 11) is 0. The van der Waals surface area contributed by atoms with E-state index in [0.717, 1.165) is 10.5 Å². The van der Waals surface area contributed by atoms with Gasteiger partial charge in [-0.25, -0.2) is 14.6 Å². The van der Waals surface area contributed by atoms with Crippen molar-refractivity contribution in [3.63, 3.8) is 0 Å². The van der Waals surface area contributed by atoms with Crippen LogP contribution in [0.2, 0.25) is 0 Å². The van der Waals surface area contributed by atoms with E-state index in [2.05, 4.69) is 15.6 Å². The molecule has 1 heterocycles. The largest absolute Gasteiger partial charge is 0.452 e. The maximum atomic E-state index is 12.3. The first-order valence-electron chi connectivity index (χ1n) is 7.94. The number of imide groups is 1. The smallest absolute Gasteiger partial charge is 0.341 e. The van der Waals surface area contributed by atoms with E-state index in [1.165, 1.54) is 11.8 Å². The second-order valence-corrected chi connectivity index (χ2v) is 6.32. The predicted molar refractivity (Wildman–Crippen MR) is 97.0 cm³/mol. The Labute approximate surface area is 155 Å². The average Bonchev–Trinajstić information content (AvgIpc) is 2.62. The van der Waals surface area contributed by atoms with Gasteiger partial charge in [-0.2, -0.15) is 0 Å². The highest BCUT2D eigenvalue weighted by molar-refractivity contribution is 7.99. The highest BCUT2D eigenvalue weighted by Gasteiger charge is 2.17. The third kappa shape index (κ3) is 5.89. The first-order chi connectivity index (χ1) is 12.5. The molecule has 0 spiro atoms. The molecule has 0 saturated heterocycles. The number of carbonyl (C=O) groups is 3. The molecule has 3 amide bonds. The molecule has 0 saturated carbocycles. The molecule has 7 nitrogen and oxygen atoms in total. The van der Waals surface area contributed by atoms with Crippen molar-refractivity contribution in [2.24, 2.45) is 0 Å². The van der Waals surface area contributed by atoms with E-state index in [1.807, 2.05) is 31.2 Å². The molecule has 1 aromatic heterocycles. The fraction of sp³-hybridized carbons (Fsp3) is 0.222. The normalized spacial score (nSPS) is 10.1. The van der Waals surface area contributed by atoms with Gasteiger partial charge in [-0.1, -0.05) is 29.5 Å². The summed E-state index contributed by atoms with van der Waals surface area (Å²) in [4.78, 5) is 40.3. The van der Waals surface area contributed by atoms with E-state index >= 15 is 0 Å². The number of nitrogens with one attached hydrogen (secondary N) is 2. The quantitative estimate of drug-likeness (QED) is 0.755. The summed E-state index contributed by atoms with van der Waals surface area (Å²) in [5.74, 6) is -1.39. The van der Waals surface area contributed by atoms with Crippen LogP contribution >= 0.6 is 11.8 Å². The van der Waals surface area contributed by atoms with Crippen LogP contribution < -0.4 is 10.6 Å². The molecule has 2 aromatic rings. The lowest BCUT2D eigenvalue weighted by Crippen LogP contribution is -2.41. The van der Waals surface area contributed by atoms with Gasteiger partial charge in [-0.3, -0.25) is 10.1 Å². The highest BCUT2D eigenvalue weighted by Crippen LogP contribution is 2.29. The average molecular weight is 373 g/mol. The van der Waals surface area contributed by atoms with Crippen LogP contribution in [0.3, 0.4) is 0 Å². The van der Waals surface area contributed by atoms with E-state index in [9.17, 15) is 14.4 Å². The molecule has 0 aliphatic heterocycles. The maximum Gasteiger partial charge on any atom is 0.341 e. The second-order valence-electron chi connectivity index (χ2n) is 5.25. The summed E-state index contributed by atoms with van der Waals surface area (Å²) < 4.78 is 4.98. The zero-order valence-corrected chi connectivity index (χ0v) is 15.3. The Kier molecular flexibility index (Phi) is 7.16. The van der Waals surface area contributed by atoms with Gasteiger partial charge in [0.05, 0.1) is 5.56 Å². The number of hydrogen-bond donors (Lipinski definition) is 2. The molecule has 0 unspecified atom stereocenters. The Hall–Kier alpha value is -2.87. The van der Waals surface area contributed by atoms with Gasteiger partial charge in [-0.05, 0) is 38.1 Å². The van der Waals surface area contributed by atoms with Gasteiger partial charge in [-0.15, -0.1) is 0 Å². The van der Waals surface area contributed by atoms with Crippen LogP contribution in [0.5, 0.6) is 0 Å². The van der Waals surface area contributed by atoms with Crippen LogP contribution in [0.25, 0.3) is 0 Å². The molecule has 0 radical (unpaired) electrons. The van der Waals surface area contributed by atoms with Crippen LogP contribution in [0.4, 0.5) is 4.79 Å². The number of aryl methyl sites for hydroxylation is 1. The Morgan fingerprint density at radius 2 is 1.88 bits per heavy atom. The van der Waals surface area contributed by atoms with Gasteiger partial charge in [0.1, 0.15) is 5.03 Å². The predicted octanol–water partition coefficient (Wildman–Crippen LogP) is 2.54. The van der Waals surface area contributed by atoms with Crippen LogP contribution in [0.15, 0.2) is 52.5 Å². The third-order valence-electron chi connectivity index (χ3n) is 3.15. The van der Waals surface area contributed by atoms with Gasteiger partial charge >= 0.3 is 12.0 Å². The molecule has 2 N–H and O–H groups in total. The molecule has 0 fully saturated rings. The lowest BCUT2D eigenvalue weighted by molar-refractivity contribution is -0.123. The lowest BCUT2D eigenvalue weighted by Gasteiger charge is -2.09. The van der Waals surface area contributed by atoms with E-state index in [4.69, 9.17) is 4.74 Å². The Morgan fingerprint density at radius 3 is 2.58 bits per heavy atom. The molecule has 2 rings (SSSR count). The van der Waals surface area contributed by atoms with Crippen molar-refractivity contribution in [2.45, 2.75) is 23.8 Å². The number of hydrogen-bond acceptors (Lipinski definition) is 6. The minimum atomic E-state index is -0.707. The van der Waals surface area contributed by atoms with Crippen molar-refractivity contribution < 1.29 is 19.1 Å². The topological polar surface area (TPSA) is 97.4 Å². The zero-order valence-electron chi connectivity index (χ0n) is 14.4. The molecule has 0 atom stereocenters. The van der Waals surface area contributed by atoms with Crippen LogP contribution in [-0.4, -0.2) is 36.0 Å². The maximum absolute atomic E-state index is 12.3. The van der Waals surface area contributed by atoms with Crippen LogP contribution in [0, 0.1) is 6.92 Å². The monoisotopic (exact) mass is 373 g/mol. The molecule has 26 heavy (non-hydrogen) atoms. The van der Waals surface area contributed by atoms with Gasteiger partial charge in [0.15, 0.2) is 6.61 Å². The third-order valence-corrected chi connectivity index (χ3v) is 4.18. The van der Waals surface area contributed by atoms with E-state index in [-0.39, 0.29) is 5.56 Å².